The van der Waals surface area contributed by atoms with Crippen molar-refractivity contribution < 1.29 is 14.3 Å². The fraction of sp³-hybridized carbons (Fsp3) is 0.222. The van der Waals surface area contributed by atoms with Crippen LogP contribution >= 0.6 is 11.3 Å². The summed E-state index contributed by atoms with van der Waals surface area (Å²) in [5.41, 5.74) is 1.70. The van der Waals surface area contributed by atoms with Gasteiger partial charge >= 0.3 is 0 Å². The summed E-state index contributed by atoms with van der Waals surface area (Å²) < 4.78 is 14.4. The van der Waals surface area contributed by atoms with Crippen molar-refractivity contribution in [2.45, 2.75) is 25.9 Å². The van der Waals surface area contributed by atoms with Crippen LogP contribution in [0.4, 0.5) is 9.39 Å². The summed E-state index contributed by atoms with van der Waals surface area (Å²) in [6.07, 6.45) is 3.40. The molecule has 124 valence electrons. The number of carbonyl (C=O) groups excluding carboxylic acids is 1. The third kappa shape index (κ3) is 3.29. The van der Waals surface area contributed by atoms with E-state index in [-0.39, 0.29) is 18.4 Å². The van der Waals surface area contributed by atoms with Gasteiger partial charge in [0.15, 0.2) is 0 Å². The summed E-state index contributed by atoms with van der Waals surface area (Å²) in [5, 5.41) is 13.0. The summed E-state index contributed by atoms with van der Waals surface area (Å²) in [4.78, 5) is 16.4. The van der Waals surface area contributed by atoms with Crippen LogP contribution in [0.1, 0.15) is 30.4 Å². The molecule has 1 aromatic carbocycles. The van der Waals surface area contributed by atoms with E-state index in [0.717, 1.165) is 17.3 Å². The first kappa shape index (κ1) is 16.5. The number of benzene rings is 1. The Bertz CT molecular complexity index is 861. The number of thiophene rings is 1. The molecule has 1 amide bonds. The number of hydrogen-bond acceptors (Lipinski definition) is 4. The molecule has 2 aromatic heterocycles. The average molecular weight is 344 g/mol. The van der Waals surface area contributed by atoms with Gasteiger partial charge < -0.3 is 10.4 Å². The largest absolute Gasteiger partial charge is 0.392 e. The molecule has 3 aromatic rings. The third-order valence-corrected chi connectivity index (χ3v) is 4.92. The van der Waals surface area contributed by atoms with E-state index in [1.807, 2.05) is 31.2 Å². The highest BCUT2D eigenvalue weighted by Gasteiger charge is 2.20. The van der Waals surface area contributed by atoms with E-state index in [2.05, 4.69) is 10.3 Å². The van der Waals surface area contributed by atoms with E-state index in [0.29, 0.717) is 21.5 Å². The van der Waals surface area contributed by atoms with Crippen LogP contribution < -0.4 is 5.32 Å². The van der Waals surface area contributed by atoms with Crippen molar-refractivity contribution in [1.29, 1.82) is 0 Å². The van der Waals surface area contributed by atoms with Crippen LogP contribution in [0.2, 0.25) is 0 Å². The van der Waals surface area contributed by atoms with Crippen LogP contribution in [0.3, 0.4) is 0 Å². The quantitative estimate of drug-likeness (QED) is 0.734. The van der Waals surface area contributed by atoms with Gasteiger partial charge in [0.05, 0.1) is 28.4 Å². The van der Waals surface area contributed by atoms with Gasteiger partial charge in [-0.15, -0.1) is 11.3 Å². The second-order valence-corrected chi connectivity index (χ2v) is 6.58. The molecular weight excluding hydrogens is 327 g/mol. The normalized spacial score (nSPS) is 12.3. The van der Waals surface area contributed by atoms with E-state index >= 15 is 0 Å². The van der Waals surface area contributed by atoms with Crippen LogP contribution in [-0.2, 0) is 11.4 Å². The molecule has 0 aliphatic rings. The molecule has 0 radical (unpaired) electrons. The standard InChI is InChI=1S/C18H17FN2O2S/c1-2-13(12-5-3-11(10-22)4-6-12)18(23)21-17-7-14-15(19)8-20-9-16(14)24-17/h3-9,13,22H,2,10H2,1H3,(H,21,23)/t13-/m1/s1. The van der Waals surface area contributed by atoms with Crippen molar-refractivity contribution in [3.05, 3.63) is 59.7 Å². The minimum Gasteiger partial charge on any atom is -0.392 e. The topological polar surface area (TPSA) is 62.2 Å². The van der Waals surface area contributed by atoms with Crippen LogP contribution in [0, 0.1) is 5.82 Å². The predicted octanol–water partition coefficient (Wildman–Crippen LogP) is 4.06. The summed E-state index contributed by atoms with van der Waals surface area (Å²) in [6.45, 7) is 1.92. The number of carbonyl (C=O) groups is 1. The summed E-state index contributed by atoms with van der Waals surface area (Å²) in [5.74, 6) is -0.823. The minimum absolute atomic E-state index is 0.0232. The maximum absolute atomic E-state index is 13.7. The Morgan fingerprint density at radius 3 is 2.71 bits per heavy atom. The highest BCUT2D eigenvalue weighted by atomic mass is 32.1. The molecule has 0 bridgehead atoms. The van der Waals surface area contributed by atoms with Gasteiger partial charge in [0.1, 0.15) is 5.82 Å². The second kappa shape index (κ2) is 7.07. The number of nitrogens with zero attached hydrogens (tertiary/aromatic N) is 1. The van der Waals surface area contributed by atoms with Crippen LogP contribution in [0.15, 0.2) is 42.7 Å². The molecule has 3 rings (SSSR count). The number of aromatic nitrogens is 1. The summed E-state index contributed by atoms with van der Waals surface area (Å²) >= 11 is 1.30. The first-order valence-corrected chi connectivity index (χ1v) is 8.47. The lowest BCUT2D eigenvalue weighted by Gasteiger charge is -2.15. The lowest BCUT2D eigenvalue weighted by Crippen LogP contribution is -2.20. The maximum atomic E-state index is 13.7. The zero-order valence-electron chi connectivity index (χ0n) is 13.1. The van der Waals surface area contributed by atoms with Crippen LogP contribution in [-0.4, -0.2) is 16.0 Å². The van der Waals surface area contributed by atoms with Crippen molar-refractivity contribution in [3.8, 4) is 0 Å². The Hall–Kier alpha value is -2.31. The molecule has 0 saturated carbocycles. The number of aliphatic hydroxyl groups is 1. The maximum Gasteiger partial charge on any atom is 0.232 e. The molecule has 0 spiro atoms. The molecule has 4 nitrogen and oxygen atoms in total. The number of halogens is 1. The Kier molecular flexibility index (Phi) is 4.87. The zero-order chi connectivity index (χ0) is 17.1. The molecule has 2 N–H and O–H groups in total. The Morgan fingerprint density at radius 2 is 2.08 bits per heavy atom. The van der Waals surface area contributed by atoms with Gasteiger partial charge in [-0.05, 0) is 23.6 Å². The smallest absolute Gasteiger partial charge is 0.232 e. The molecule has 0 fully saturated rings. The molecule has 6 heteroatoms. The van der Waals surface area contributed by atoms with Crippen LogP contribution in [0.25, 0.3) is 10.1 Å². The highest BCUT2D eigenvalue weighted by molar-refractivity contribution is 7.22. The fourth-order valence-corrected chi connectivity index (χ4v) is 3.57. The number of anilines is 1. The van der Waals surface area contributed by atoms with Gasteiger partial charge in [0, 0.05) is 11.6 Å². The predicted molar refractivity (Wildman–Crippen MR) is 93.6 cm³/mol. The van der Waals surface area contributed by atoms with Gasteiger partial charge in [-0.3, -0.25) is 9.78 Å². The van der Waals surface area contributed by atoms with Crippen LogP contribution in [0.5, 0.6) is 0 Å². The molecule has 0 saturated heterocycles. The number of rotatable bonds is 5. The number of nitrogens with one attached hydrogen (secondary N) is 1. The van der Waals surface area contributed by atoms with Crippen molar-refractivity contribution in [3.63, 3.8) is 0 Å². The first-order valence-electron chi connectivity index (χ1n) is 7.66. The van der Waals surface area contributed by atoms with Crippen molar-refractivity contribution in [2.75, 3.05) is 5.32 Å². The number of pyridine rings is 1. The number of aliphatic hydroxyl groups excluding tert-OH is 1. The first-order chi connectivity index (χ1) is 11.6. The average Bonchev–Trinajstić information content (AvgIpc) is 3.00. The Labute approximate surface area is 143 Å². The van der Waals surface area contributed by atoms with Gasteiger partial charge in [-0.2, -0.15) is 0 Å². The molecular formula is C18H17FN2O2S. The van der Waals surface area contributed by atoms with Gasteiger partial charge in [0.2, 0.25) is 5.91 Å². The molecule has 0 unspecified atom stereocenters. The molecule has 2 heterocycles. The van der Waals surface area contributed by atoms with E-state index < -0.39 is 5.82 Å². The summed E-state index contributed by atoms with van der Waals surface area (Å²) in [6, 6.07) is 8.97. The number of hydrogen-bond donors (Lipinski definition) is 2. The minimum atomic E-state index is -0.393. The van der Waals surface area contributed by atoms with E-state index in [1.54, 1.807) is 12.3 Å². The lowest BCUT2D eigenvalue weighted by molar-refractivity contribution is -0.117. The second-order valence-electron chi connectivity index (χ2n) is 5.49. The third-order valence-electron chi connectivity index (χ3n) is 3.93. The zero-order valence-corrected chi connectivity index (χ0v) is 13.9. The Morgan fingerprint density at radius 1 is 1.33 bits per heavy atom. The Balaban J connectivity index is 1.81. The number of amides is 1. The van der Waals surface area contributed by atoms with E-state index in [4.69, 9.17) is 5.11 Å². The van der Waals surface area contributed by atoms with Gasteiger partial charge in [0.25, 0.3) is 0 Å². The molecule has 1 atom stereocenters. The van der Waals surface area contributed by atoms with Crippen molar-refractivity contribution in [2.24, 2.45) is 0 Å². The molecule has 0 aliphatic heterocycles. The van der Waals surface area contributed by atoms with Crippen molar-refractivity contribution >= 4 is 32.3 Å². The highest BCUT2D eigenvalue weighted by Crippen LogP contribution is 2.32. The SMILES string of the molecule is CC[C@@H](C(=O)Nc1cc2c(F)cncc2s1)c1ccc(CO)cc1. The van der Waals surface area contributed by atoms with E-state index in [9.17, 15) is 9.18 Å². The van der Waals surface area contributed by atoms with Crippen molar-refractivity contribution in [1.82, 2.24) is 4.98 Å². The monoisotopic (exact) mass is 344 g/mol. The lowest BCUT2D eigenvalue weighted by atomic mass is 9.95. The van der Waals surface area contributed by atoms with E-state index in [1.165, 1.54) is 11.3 Å². The van der Waals surface area contributed by atoms with Gasteiger partial charge in [-0.1, -0.05) is 31.2 Å². The fourth-order valence-electron chi connectivity index (χ4n) is 2.63. The summed E-state index contributed by atoms with van der Waals surface area (Å²) in [7, 11) is 0. The number of fused-ring (bicyclic) bond motifs is 1. The molecule has 24 heavy (non-hydrogen) atoms. The molecule has 0 aliphatic carbocycles. The van der Waals surface area contributed by atoms with Gasteiger partial charge in [-0.25, -0.2) is 4.39 Å².